The van der Waals surface area contributed by atoms with Crippen LogP contribution in [0.3, 0.4) is 0 Å². The fourth-order valence-corrected chi connectivity index (χ4v) is 5.10. The predicted octanol–water partition coefficient (Wildman–Crippen LogP) is 4.38. The Morgan fingerprint density at radius 3 is 2.29 bits per heavy atom. The molecule has 196 valence electrons. The molecular weight excluding hydrogens is 486 g/mol. The third kappa shape index (κ3) is 4.09. The van der Waals surface area contributed by atoms with Gasteiger partial charge in [0.15, 0.2) is 17.4 Å². The van der Waals surface area contributed by atoms with E-state index in [1.807, 2.05) is 59.2 Å². The van der Waals surface area contributed by atoms with Crippen molar-refractivity contribution < 1.29 is 28.5 Å². The summed E-state index contributed by atoms with van der Waals surface area (Å²) in [6, 6.07) is 19.9. The van der Waals surface area contributed by atoms with Gasteiger partial charge in [-0.2, -0.15) is 0 Å². The molecule has 0 unspecified atom stereocenters. The summed E-state index contributed by atoms with van der Waals surface area (Å²) >= 11 is 0. The molecule has 9 nitrogen and oxygen atoms in total. The van der Waals surface area contributed by atoms with Crippen LogP contribution in [0.4, 0.5) is 5.95 Å². The van der Waals surface area contributed by atoms with Crippen molar-refractivity contribution in [3.8, 4) is 17.2 Å². The van der Waals surface area contributed by atoms with Crippen LogP contribution in [-0.2, 0) is 20.9 Å². The second kappa shape index (κ2) is 10.5. The summed E-state index contributed by atoms with van der Waals surface area (Å²) in [7, 11) is 4.56. The molecule has 0 saturated carbocycles. The van der Waals surface area contributed by atoms with Crippen LogP contribution in [0.5, 0.6) is 17.2 Å². The molecule has 38 heavy (non-hydrogen) atoms. The van der Waals surface area contributed by atoms with Gasteiger partial charge in [0.25, 0.3) is 0 Å². The molecule has 2 atom stereocenters. The Bertz CT molecular complexity index is 1480. The maximum absolute atomic E-state index is 14.2. The lowest BCUT2D eigenvalue weighted by Gasteiger charge is -2.38. The minimum absolute atomic E-state index is 0.134. The van der Waals surface area contributed by atoms with Crippen LogP contribution in [0.2, 0.25) is 0 Å². The summed E-state index contributed by atoms with van der Waals surface area (Å²) in [6.07, 6.45) is 0. The van der Waals surface area contributed by atoms with Gasteiger partial charge in [-0.25, -0.2) is 4.98 Å². The second-order valence-corrected chi connectivity index (χ2v) is 8.78. The number of hydrogen-bond acceptors (Lipinski definition) is 7. The van der Waals surface area contributed by atoms with Crippen LogP contribution in [-0.4, -0.2) is 49.4 Å². The molecule has 0 fully saturated rings. The number of imidazole rings is 1. The lowest BCUT2D eigenvalue weighted by atomic mass is 9.88. The molecule has 3 aromatic carbocycles. The molecular formula is C29H29N3O6. The third-order valence-corrected chi connectivity index (χ3v) is 6.72. The number of methoxy groups -OCH3 is 3. The number of carbonyl (C=O) groups excluding carboxylic acids is 2. The highest BCUT2D eigenvalue weighted by Gasteiger charge is 2.49. The predicted molar refractivity (Wildman–Crippen MR) is 142 cm³/mol. The summed E-state index contributed by atoms with van der Waals surface area (Å²) in [5, 5.41) is 0. The summed E-state index contributed by atoms with van der Waals surface area (Å²) < 4.78 is 24.3. The van der Waals surface area contributed by atoms with Gasteiger partial charge in [0.05, 0.1) is 51.6 Å². The fraction of sp³-hybridized carbons (Fsp3) is 0.276. The minimum Gasteiger partial charge on any atom is -0.493 e. The quantitative estimate of drug-likeness (QED) is 0.254. The molecule has 1 aliphatic rings. The van der Waals surface area contributed by atoms with Crippen molar-refractivity contribution in [1.29, 1.82) is 0 Å². The number of carbonyl (C=O) groups is 2. The zero-order chi connectivity index (χ0) is 26.8. The maximum atomic E-state index is 14.2. The molecule has 0 N–H and O–H groups in total. The molecule has 4 aromatic rings. The minimum atomic E-state index is -1.20. The molecule has 5 rings (SSSR count). The van der Waals surface area contributed by atoms with Gasteiger partial charge in [-0.15, -0.1) is 0 Å². The Labute approximate surface area is 220 Å². The zero-order valence-electron chi connectivity index (χ0n) is 21.7. The number of benzene rings is 3. The highest BCUT2D eigenvalue weighted by molar-refractivity contribution is 6.08. The Morgan fingerprint density at radius 1 is 0.895 bits per heavy atom. The van der Waals surface area contributed by atoms with E-state index in [4.69, 9.17) is 23.9 Å². The number of nitrogens with zero attached hydrogens (tertiary/aromatic N) is 3. The fourth-order valence-electron chi connectivity index (χ4n) is 5.10. The van der Waals surface area contributed by atoms with Gasteiger partial charge in [0.1, 0.15) is 0 Å². The summed E-state index contributed by atoms with van der Waals surface area (Å²) in [6.45, 7) is 2.10. The van der Waals surface area contributed by atoms with Crippen LogP contribution in [0.25, 0.3) is 11.0 Å². The summed E-state index contributed by atoms with van der Waals surface area (Å²) in [5.74, 6) is -0.611. The smallest absolute Gasteiger partial charge is 0.321 e. The number of amides is 1. The van der Waals surface area contributed by atoms with Crippen molar-refractivity contribution in [2.75, 3.05) is 32.8 Å². The van der Waals surface area contributed by atoms with E-state index in [0.29, 0.717) is 34.3 Å². The number of hydrogen-bond donors (Lipinski definition) is 0. The molecule has 0 radical (unpaired) electrons. The van der Waals surface area contributed by atoms with Gasteiger partial charge in [-0.3, -0.25) is 14.5 Å². The van der Waals surface area contributed by atoms with E-state index in [9.17, 15) is 9.59 Å². The average molecular weight is 516 g/mol. The second-order valence-electron chi connectivity index (χ2n) is 8.78. The lowest BCUT2D eigenvalue weighted by Crippen LogP contribution is -2.49. The van der Waals surface area contributed by atoms with Gasteiger partial charge in [-0.05, 0) is 36.8 Å². The highest BCUT2D eigenvalue weighted by atomic mass is 16.5. The van der Waals surface area contributed by atoms with Gasteiger partial charge >= 0.3 is 5.97 Å². The van der Waals surface area contributed by atoms with E-state index >= 15 is 0 Å². The first kappa shape index (κ1) is 25.1. The Morgan fingerprint density at radius 2 is 1.61 bits per heavy atom. The lowest BCUT2D eigenvalue weighted by molar-refractivity contribution is -0.153. The van der Waals surface area contributed by atoms with Gasteiger partial charge in [-0.1, -0.05) is 42.5 Å². The van der Waals surface area contributed by atoms with Crippen LogP contribution < -0.4 is 19.1 Å². The van der Waals surface area contributed by atoms with Crippen molar-refractivity contribution in [1.82, 2.24) is 9.55 Å². The van der Waals surface area contributed by atoms with E-state index < -0.39 is 23.8 Å². The first-order valence-electron chi connectivity index (χ1n) is 12.3. The normalized spacial score (nSPS) is 16.7. The summed E-state index contributed by atoms with van der Waals surface area (Å²) in [5.41, 5.74) is 2.94. The molecule has 2 heterocycles. The molecule has 0 saturated heterocycles. The van der Waals surface area contributed by atoms with E-state index in [1.165, 1.54) is 21.3 Å². The van der Waals surface area contributed by atoms with Gasteiger partial charge in [0, 0.05) is 5.56 Å². The van der Waals surface area contributed by atoms with E-state index in [1.54, 1.807) is 24.0 Å². The van der Waals surface area contributed by atoms with Gasteiger partial charge < -0.3 is 23.5 Å². The zero-order valence-corrected chi connectivity index (χ0v) is 21.7. The highest BCUT2D eigenvalue weighted by Crippen LogP contribution is 2.49. The average Bonchev–Trinajstić information content (AvgIpc) is 3.33. The monoisotopic (exact) mass is 515 g/mol. The first-order valence-corrected chi connectivity index (χ1v) is 12.3. The summed E-state index contributed by atoms with van der Waals surface area (Å²) in [4.78, 5) is 34.2. The van der Waals surface area contributed by atoms with Crippen molar-refractivity contribution in [3.05, 3.63) is 77.9 Å². The third-order valence-electron chi connectivity index (χ3n) is 6.72. The first-order chi connectivity index (χ1) is 18.5. The number of esters is 1. The number of aromatic nitrogens is 2. The van der Waals surface area contributed by atoms with Crippen molar-refractivity contribution in [2.45, 2.75) is 19.5 Å². The standard InChI is InChI=1S/C29H29N3O6/c1-5-38-28(34)23-24(19-15-16-22(35-2)26(37-4)25(19)36-3)32-21-14-10-9-13-20(21)30-29(32)31(27(23)33)17-18-11-7-6-8-12-18/h6-16,23-24H,5,17H2,1-4H3/t23-,24+/m1/s1. The molecule has 9 heteroatoms. The molecule has 1 amide bonds. The Balaban J connectivity index is 1.81. The van der Waals surface area contributed by atoms with Crippen LogP contribution in [0.1, 0.15) is 24.1 Å². The SMILES string of the molecule is CCOC(=O)[C@H]1C(=O)N(Cc2ccccc2)c2nc3ccccc3n2[C@H]1c1ccc(OC)c(OC)c1OC. The number of ether oxygens (including phenoxy) is 4. The molecule has 0 aliphatic carbocycles. The largest absolute Gasteiger partial charge is 0.493 e. The van der Waals surface area contributed by atoms with E-state index in [-0.39, 0.29) is 13.2 Å². The van der Waals surface area contributed by atoms with Crippen LogP contribution in [0, 0.1) is 5.92 Å². The van der Waals surface area contributed by atoms with Crippen LogP contribution in [0.15, 0.2) is 66.7 Å². The molecule has 1 aromatic heterocycles. The van der Waals surface area contributed by atoms with Gasteiger partial charge in [0.2, 0.25) is 17.6 Å². The Hall–Kier alpha value is -4.53. The molecule has 1 aliphatic heterocycles. The Kier molecular flexibility index (Phi) is 6.91. The van der Waals surface area contributed by atoms with E-state index in [2.05, 4.69) is 0 Å². The molecule has 0 bridgehead atoms. The molecule has 0 spiro atoms. The topological polar surface area (TPSA) is 92.1 Å². The van der Waals surface area contributed by atoms with E-state index in [0.717, 1.165) is 11.1 Å². The number of para-hydroxylation sites is 2. The van der Waals surface area contributed by atoms with Crippen molar-refractivity contribution in [3.63, 3.8) is 0 Å². The maximum Gasteiger partial charge on any atom is 0.321 e. The number of rotatable bonds is 8. The van der Waals surface area contributed by atoms with Crippen molar-refractivity contribution in [2.24, 2.45) is 5.92 Å². The number of fused-ring (bicyclic) bond motifs is 3. The van der Waals surface area contributed by atoms with Crippen LogP contribution >= 0.6 is 0 Å². The van der Waals surface area contributed by atoms with Crippen molar-refractivity contribution >= 4 is 28.9 Å². The number of anilines is 1.